The quantitative estimate of drug-likeness (QED) is 0.646. The Labute approximate surface area is 97.8 Å². The van der Waals surface area contributed by atoms with Gasteiger partial charge in [-0.3, -0.25) is 9.59 Å². The van der Waals surface area contributed by atoms with Gasteiger partial charge in [0.15, 0.2) is 0 Å². The van der Waals surface area contributed by atoms with Crippen molar-refractivity contribution in [2.75, 3.05) is 13.7 Å². The van der Waals surface area contributed by atoms with Crippen LogP contribution in [0.5, 0.6) is 0 Å². The minimum atomic E-state index is -0.576. The van der Waals surface area contributed by atoms with E-state index in [1.165, 1.54) is 7.11 Å². The second-order valence-corrected chi connectivity index (χ2v) is 4.72. The smallest absolute Gasteiger partial charge is 0.313 e. The zero-order chi connectivity index (χ0) is 12.2. The van der Waals surface area contributed by atoms with E-state index in [-0.39, 0.29) is 36.8 Å². The molecule has 6 atom stereocenters. The first-order valence-corrected chi connectivity index (χ1v) is 5.73. The molecule has 0 aromatic heterocycles. The summed E-state index contributed by atoms with van der Waals surface area (Å²) in [4.78, 5) is 23.4. The van der Waals surface area contributed by atoms with Gasteiger partial charge in [-0.2, -0.15) is 0 Å². The molecule has 17 heavy (non-hydrogen) atoms. The van der Waals surface area contributed by atoms with Gasteiger partial charge in [0.2, 0.25) is 0 Å². The lowest BCUT2D eigenvalue weighted by atomic mass is 9.73. The minimum Gasteiger partial charge on any atom is -0.469 e. The van der Waals surface area contributed by atoms with Gasteiger partial charge >= 0.3 is 11.9 Å². The second kappa shape index (κ2) is 3.68. The van der Waals surface area contributed by atoms with Crippen molar-refractivity contribution in [2.24, 2.45) is 17.8 Å². The third kappa shape index (κ3) is 1.28. The minimum absolute atomic E-state index is 0.0101. The van der Waals surface area contributed by atoms with E-state index in [0.29, 0.717) is 6.42 Å². The molecule has 2 bridgehead atoms. The molecule has 3 fully saturated rings. The number of methoxy groups -OCH3 is 1. The topological polar surface area (TPSA) is 82.1 Å². The summed E-state index contributed by atoms with van der Waals surface area (Å²) in [6, 6.07) is 0. The van der Waals surface area contributed by atoms with Crippen LogP contribution in [0.1, 0.15) is 6.42 Å². The summed E-state index contributed by atoms with van der Waals surface area (Å²) < 4.78 is 15.6. The zero-order valence-electron chi connectivity index (χ0n) is 9.37. The summed E-state index contributed by atoms with van der Waals surface area (Å²) in [5.41, 5.74) is 0. The number of carbonyl (C=O) groups is 2. The first-order chi connectivity index (χ1) is 8.19. The van der Waals surface area contributed by atoms with Crippen LogP contribution in [-0.2, 0) is 23.8 Å². The average Bonchev–Trinajstić information content (AvgIpc) is 2.91. The van der Waals surface area contributed by atoms with E-state index in [4.69, 9.17) is 19.3 Å². The van der Waals surface area contributed by atoms with Crippen molar-refractivity contribution in [3.05, 3.63) is 0 Å². The number of aliphatic hydroxyl groups excluding tert-OH is 1. The van der Waals surface area contributed by atoms with Crippen LogP contribution in [0.2, 0.25) is 0 Å². The number of rotatable bonds is 3. The van der Waals surface area contributed by atoms with Crippen LogP contribution in [0.3, 0.4) is 0 Å². The number of hydrogen-bond acceptors (Lipinski definition) is 6. The largest absolute Gasteiger partial charge is 0.469 e. The number of esters is 2. The molecule has 6 heteroatoms. The molecule has 3 saturated heterocycles. The van der Waals surface area contributed by atoms with E-state index in [1.54, 1.807) is 0 Å². The maximum absolute atomic E-state index is 11.7. The van der Waals surface area contributed by atoms with Gasteiger partial charge in [-0.25, -0.2) is 0 Å². The Bertz CT molecular complexity index is 367. The van der Waals surface area contributed by atoms with Crippen LogP contribution >= 0.6 is 0 Å². The molecule has 0 saturated carbocycles. The Morgan fingerprint density at radius 2 is 2.18 bits per heavy atom. The van der Waals surface area contributed by atoms with Gasteiger partial charge in [0.05, 0.1) is 19.1 Å². The molecule has 0 spiro atoms. The van der Waals surface area contributed by atoms with Crippen molar-refractivity contribution in [2.45, 2.75) is 24.7 Å². The molecule has 3 aliphatic rings. The summed E-state index contributed by atoms with van der Waals surface area (Å²) in [6.07, 6.45) is -0.529. The number of fused-ring (bicyclic) bond motifs is 1. The van der Waals surface area contributed by atoms with Crippen LogP contribution < -0.4 is 0 Å². The Morgan fingerprint density at radius 3 is 2.82 bits per heavy atom. The van der Waals surface area contributed by atoms with Gasteiger partial charge in [0.25, 0.3) is 0 Å². The van der Waals surface area contributed by atoms with Gasteiger partial charge in [-0.05, 0) is 6.42 Å². The zero-order valence-corrected chi connectivity index (χ0v) is 9.37. The molecule has 0 amide bonds. The van der Waals surface area contributed by atoms with E-state index in [1.807, 2.05) is 0 Å². The molecule has 94 valence electrons. The van der Waals surface area contributed by atoms with Crippen molar-refractivity contribution in [3.8, 4) is 0 Å². The fraction of sp³-hybridized carbons (Fsp3) is 0.818. The highest BCUT2D eigenvalue weighted by Gasteiger charge is 2.70. The molecule has 6 unspecified atom stereocenters. The highest BCUT2D eigenvalue weighted by atomic mass is 16.6. The molecule has 0 radical (unpaired) electrons. The summed E-state index contributed by atoms with van der Waals surface area (Å²) in [5.74, 6) is -2.00. The Kier molecular flexibility index (Phi) is 2.38. The fourth-order valence-electron chi connectivity index (χ4n) is 3.38. The van der Waals surface area contributed by atoms with Crippen molar-refractivity contribution in [1.82, 2.24) is 0 Å². The number of aliphatic hydroxyl groups is 1. The lowest BCUT2D eigenvalue weighted by molar-refractivity contribution is -0.153. The van der Waals surface area contributed by atoms with Gasteiger partial charge in [-0.1, -0.05) is 0 Å². The lowest BCUT2D eigenvalue weighted by Crippen LogP contribution is -2.42. The number of ether oxygens (including phenoxy) is 3. The summed E-state index contributed by atoms with van der Waals surface area (Å²) in [7, 11) is 1.30. The van der Waals surface area contributed by atoms with Gasteiger partial charge < -0.3 is 19.3 Å². The fourth-order valence-corrected chi connectivity index (χ4v) is 3.38. The molecule has 0 aromatic carbocycles. The summed E-state index contributed by atoms with van der Waals surface area (Å²) in [6.45, 7) is -0.0101. The number of hydrogen-bond donors (Lipinski definition) is 1. The molecule has 6 nitrogen and oxygen atoms in total. The van der Waals surface area contributed by atoms with Crippen LogP contribution in [0.4, 0.5) is 0 Å². The third-order valence-corrected chi connectivity index (χ3v) is 4.04. The van der Waals surface area contributed by atoms with Crippen molar-refractivity contribution in [3.63, 3.8) is 0 Å². The van der Waals surface area contributed by atoms with Crippen LogP contribution in [0.15, 0.2) is 0 Å². The maximum atomic E-state index is 11.7. The van der Waals surface area contributed by atoms with Crippen molar-refractivity contribution < 1.29 is 28.9 Å². The van der Waals surface area contributed by atoms with E-state index >= 15 is 0 Å². The van der Waals surface area contributed by atoms with E-state index < -0.39 is 17.8 Å². The molecule has 0 aromatic rings. The standard InChI is InChI=1S/C11H14O6/c1-15-10(13)5-6-9-8(17-11(6)14)4(2-3-12)7(5)16-9/h4-9,12H,2-3H2,1H3. The Balaban J connectivity index is 1.92. The second-order valence-electron chi connectivity index (χ2n) is 4.72. The Hall–Kier alpha value is -1.14. The predicted molar refractivity (Wildman–Crippen MR) is 52.7 cm³/mol. The van der Waals surface area contributed by atoms with Crippen molar-refractivity contribution >= 4 is 11.9 Å². The lowest BCUT2D eigenvalue weighted by Gasteiger charge is -2.26. The van der Waals surface area contributed by atoms with Gasteiger partial charge in [0.1, 0.15) is 18.1 Å². The van der Waals surface area contributed by atoms with Crippen LogP contribution in [0, 0.1) is 17.8 Å². The first-order valence-electron chi connectivity index (χ1n) is 5.73. The summed E-state index contributed by atoms with van der Waals surface area (Å²) in [5, 5.41) is 9.02. The molecule has 3 rings (SSSR count). The number of carbonyl (C=O) groups excluding carboxylic acids is 2. The molecule has 3 heterocycles. The normalized spacial score (nSPS) is 46.1. The van der Waals surface area contributed by atoms with Crippen molar-refractivity contribution in [1.29, 1.82) is 0 Å². The van der Waals surface area contributed by atoms with E-state index in [0.717, 1.165) is 0 Å². The molecule has 1 N–H and O–H groups in total. The molecule has 0 aliphatic carbocycles. The summed E-state index contributed by atoms with van der Waals surface area (Å²) >= 11 is 0. The average molecular weight is 242 g/mol. The first kappa shape index (κ1) is 11.0. The molecular formula is C11H14O6. The predicted octanol–water partition coefficient (Wildman–Crippen LogP) is -0.903. The third-order valence-electron chi connectivity index (χ3n) is 4.04. The van der Waals surface area contributed by atoms with E-state index in [2.05, 4.69) is 0 Å². The van der Waals surface area contributed by atoms with Gasteiger partial charge in [0, 0.05) is 12.5 Å². The van der Waals surface area contributed by atoms with E-state index in [9.17, 15) is 9.59 Å². The SMILES string of the molecule is COC(=O)C1C2OC3C(OC(=O)C31)C2CCO. The monoisotopic (exact) mass is 242 g/mol. The highest BCUT2D eigenvalue weighted by Crippen LogP contribution is 2.53. The highest BCUT2D eigenvalue weighted by molar-refractivity contribution is 5.86. The van der Waals surface area contributed by atoms with Crippen LogP contribution in [-0.4, -0.2) is 49.1 Å². The molecular weight excluding hydrogens is 228 g/mol. The molecule has 3 aliphatic heterocycles. The van der Waals surface area contributed by atoms with Gasteiger partial charge in [-0.15, -0.1) is 0 Å². The van der Waals surface area contributed by atoms with Crippen LogP contribution in [0.25, 0.3) is 0 Å². The Morgan fingerprint density at radius 1 is 1.41 bits per heavy atom. The maximum Gasteiger partial charge on any atom is 0.313 e.